The zero-order valence-corrected chi connectivity index (χ0v) is 23.6. The largest absolute Gasteiger partial charge is 0.494 e. The topological polar surface area (TPSA) is 108 Å². The van der Waals surface area contributed by atoms with Gasteiger partial charge in [0.05, 0.1) is 31.3 Å². The molecule has 214 valence electrons. The van der Waals surface area contributed by atoms with Crippen LogP contribution in [-0.4, -0.2) is 61.1 Å². The molecule has 1 unspecified atom stereocenters. The SMILES string of the molecule is COC(=O)CCCCCCN(C)c1ccc(NC(=O)c2cccc(-c3ccnn3C3CCCCO3)n2)c(OC)c1. The molecule has 2 aromatic heterocycles. The molecule has 10 heteroatoms. The minimum absolute atomic E-state index is 0.120. The molecule has 0 saturated carbocycles. The molecular formula is C30H39N5O5. The van der Waals surface area contributed by atoms with Gasteiger partial charge in [-0.25, -0.2) is 9.67 Å². The number of benzene rings is 1. The normalized spacial score (nSPS) is 14.9. The van der Waals surface area contributed by atoms with Gasteiger partial charge in [0.2, 0.25) is 0 Å². The summed E-state index contributed by atoms with van der Waals surface area (Å²) in [7, 11) is 5.03. The molecule has 10 nitrogen and oxygen atoms in total. The molecule has 0 radical (unpaired) electrons. The van der Waals surface area contributed by atoms with Gasteiger partial charge in [-0.3, -0.25) is 9.59 Å². The molecule has 0 aliphatic carbocycles. The number of nitrogens with zero attached hydrogens (tertiary/aromatic N) is 4. The van der Waals surface area contributed by atoms with Gasteiger partial charge in [-0.05, 0) is 62.4 Å². The molecular weight excluding hydrogens is 510 g/mol. The number of pyridine rings is 1. The third-order valence-electron chi connectivity index (χ3n) is 7.07. The molecule has 4 rings (SSSR count). The highest BCUT2D eigenvalue weighted by molar-refractivity contribution is 6.04. The van der Waals surface area contributed by atoms with Crippen LogP contribution >= 0.6 is 0 Å². The number of esters is 1. The summed E-state index contributed by atoms with van der Waals surface area (Å²) >= 11 is 0. The first-order valence-corrected chi connectivity index (χ1v) is 13.9. The monoisotopic (exact) mass is 549 g/mol. The number of carbonyl (C=O) groups is 2. The zero-order chi connectivity index (χ0) is 28.3. The lowest BCUT2D eigenvalue weighted by Crippen LogP contribution is -2.20. The fourth-order valence-electron chi connectivity index (χ4n) is 4.78. The Morgan fingerprint density at radius 1 is 1.10 bits per heavy atom. The zero-order valence-electron chi connectivity index (χ0n) is 23.6. The second-order valence-corrected chi connectivity index (χ2v) is 9.89. The van der Waals surface area contributed by atoms with Crippen molar-refractivity contribution in [3.63, 3.8) is 0 Å². The van der Waals surface area contributed by atoms with Gasteiger partial charge in [0, 0.05) is 44.6 Å². The third-order valence-corrected chi connectivity index (χ3v) is 7.07. The molecule has 1 aliphatic heterocycles. The molecule has 1 aliphatic rings. The van der Waals surface area contributed by atoms with E-state index in [9.17, 15) is 9.59 Å². The molecule has 3 aromatic rings. The molecule has 0 spiro atoms. The van der Waals surface area contributed by atoms with Crippen molar-refractivity contribution in [2.75, 3.05) is 44.6 Å². The summed E-state index contributed by atoms with van der Waals surface area (Å²) in [5.41, 5.74) is 3.33. The number of hydrogen-bond donors (Lipinski definition) is 1. The van der Waals surface area contributed by atoms with E-state index in [0.29, 0.717) is 29.2 Å². The van der Waals surface area contributed by atoms with Gasteiger partial charge in [-0.2, -0.15) is 5.10 Å². The highest BCUT2D eigenvalue weighted by Crippen LogP contribution is 2.31. The van der Waals surface area contributed by atoms with Gasteiger partial charge in [0.15, 0.2) is 6.23 Å². The van der Waals surface area contributed by atoms with Crippen LogP contribution in [0.4, 0.5) is 11.4 Å². The predicted molar refractivity (Wildman–Crippen MR) is 154 cm³/mol. The number of methoxy groups -OCH3 is 2. The van der Waals surface area contributed by atoms with Crippen LogP contribution in [0.1, 0.15) is 68.1 Å². The van der Waals surface area contributed by atoms with Crippen LogP contribution in [0.2, 0.25) is 0 Å². The van der Waals surface area contributed by atoms with Crippen LogP contribution in [0.15, 0.2) is 48.7 Å². The molecule has 1 aromatic carbocycles. The molecule has 1 amide bonds. The number of anilines is 2. The van der Waals surface area contributed by atoms with Crippen LogP contribution in [0.5, 0.6) is 5.75 Å². The Morgan fingerprint density at radius 3 is 2.73 bits per heavy atom. The Bertz CT molecular complexity index is 1270. The van der Waals surface area contributed by atoms with E-state index in [0.717, 1.165) is 69.5 Å². The number of carbonyl (C=O) groups excluding carboxylic acids is 2. The van der Waals surface area contributed by atoms with Gasteiger partial charge >= 0.3 is 5.97 Å². The highest BCUT2D eigenvalue weighted by atomic mass is 16.5. The van der Waals surface area contributed by atoms with E-state index in [-0.39, 0.29) is 18.1 Å². The average molecular weight is 550 g/mol. The van der Waals surface area contributed by atoms with Crippen LogP contribution in [-0.2, 0) is 14.3 Å². The first kappa shape index (κ1) is 29.1. The number of aromatic nitrogens is 3. The molecule has 1 saturated heterocycles. The van der Waals surface area contributed by atoms with Crippen molar-refractivity contribution in [1.29, 1.82) is 0 Å². The summed E-state index contributed by atoms with van der Waals surface area (Å²) in [4.78, 5) is 31.2. The molecule has 1 N–H and O–H groups in total. The average Bonchev–Trinajstić information content (AvgIpc) is 3.49. The van der Waals surface area contributed by atoms with E-state index < -0.39 is 0 Å². The van der Waals surface area contributed by atoms with Crippen molar-refractivity contribution in [3.8, 4) is 17.1 Å². The van der Waals surface area contributed by atoms with Gasteiger partial charge < -0.3 is 24.4 Å². The third kappa shape index (κ3) is 7.59. The van der Waals surface area contributed by atoms with Crippen LogP contribution < -0.4 is 15.0 Å². The molecule has 1 fully saturated rings. The second kappa shape index (κ2) is 14.5. The van der Waals surface area contributed by atoms with Gasteiger partial charge in [-0.15, -0.1) is 0 Å². The standard InChI is InChI=1S/C30H39N5O5/c1-34(19-8-5-4-6-14-29(36)39-3)22-15-16-24(27(21-22)38-2)33-30(37)25-12-10-11-23(32-25)26-17-18-31-35(26)28-13-7-9-20-40-28/h10-12,15-18,21,28H,4-9,13-14,19-20H2,1-3H3,(H,33,37). The predicted octanol–water partition coefficient (Wildman–Crippen LogP) is 5.46. The summed E-state index contributed by atoms with van der Waals surface area (Å²) in [6, 6.07) is 13.0. The molecule has 0 bridgehead atoms. The Labute approximate surface area is 235 Å². The minimum atomic E-state index is -0.326. The highest BCUT2D eigenvalue weighted by Gasteiger charge is 2.21. The summed E-state index contributed by atoms with van der Waals surface area (Å²) in [6.45, 7) is 1.58. The number of unbranched alkanes of at least 4 members (excludes halogenated alkanes) is 3. The molecule has 3 heterocycles. The van der Waals surface area contributed by atoms with Crippen molar-refractivity contribution in [1.82, 2.24) is 14.8 Å². The van der Waals surface area contributed by atoms with Crippen molar-refractivity contribution in [2.24, 2.45) is 0 Å². The number of nitrogens with one attached hydrogen (secondary N) is 1. The van der Waals surface area contributed by atoms with Gasteiger partial charge in [0.1, 0.15) is 11.4 Å². The number of rotatable bonds is 13. The fourth-order valence-corrected chi connectivity index (χ4v) is 4.78. The summed E-state index contributed by atoms with van der Waals surface area (Å²) in [6.07, 6.45) is 9.00. The van der Waals surface area contributed by atoms with E-state index in [4.69, 9.17) is 9.47 Å². The van der Waals surface area contributed by atoms with Crippen molar-refractivity contribution in [3.05, 3.63) is 54.4 Å². The van der Waals surface area contributed by atoms with E-state index in [1.807, 2.05) is 48.1 Å². The van der Waals surface area contributed by atoms with Crippen LogP contribution in [0.25, 0.3) is 11.4 Å². The maximum absolute atomic E-state index is 13.2. The smallest absolute Gasteiger partial charge is 0.305 e. The Kier molecular flexibility index (Phi) is 10.5. The maximum Gasteiger partial charge on any atom is 0.305 e. The lowest BCUT2D eigenvalue weighted by Gasteiger charge is -2.24. The lowest BCUT2D eigenvalue weighted by molar-refractivity contribution is -0.140. The number of ether oxygens (including phenoxy) is 3. The lowest BCUT2D eigenvalue weighted by atomic mass is 10.1. The Morgan fingerprint density at radius 2 is 1.95 bits per heavy atom. The number of hydrogen-bond acceptors (Lipinski definition) is 8. The van der Waals surface area contributed by atoms with Crippen LogP contribution in [0, 0.1) is 0 Å². The van der Waals surface area contributed by atoms with Gasteiger partial charge in [-0.1, -0.05) is 18.9 Å². The summed E-state index contributed by atoms with van der Waals surface area (Å²) in [5.74, 6) is 0.0877. The summed E-state index contributed by atoms with van der Waals surface area (Å²) in [5, 5.41) is 7.40. The Hall–Kier alpha value is -3.92. The number of amides is 1. The van der Waals surface area contributed by atoms with Crippen LogP contribution in [0.3, 0.4) is 0 Å². The quantitative estimate of drug-likeness (QED) is 0.221. The van der Waals surface area contributed by atoms with E-state index in [1.165, 1.54) is 7.11 Å². The Balaban J connectivity index is 1.37. The van der Waals surface area contributed by atoms with Gasteiger partial charge in [0.25, 0.3) is 5.91 Å². The minimum Gasteiger partial charge on any atom is -0.494 e. The first-order chi connectivity index (χ1) is 19.5. The maximum atomic E-state index is 13.2. The van der Waals surface area contributed by atoms with E-state index in [2.05, 4.69) is 25.0 Å². The van der Waals surface area contributed by atoms with Crippen molar-refractivity contribution in [2.45, 2.75) is 57.6 Å². The van der Waals surface area contributed by atoms with E-state index in [1.54, 1.807) is 19.4 Å². The second-order valence-electron chi connectivity index (χ2n) is 9.89. The molecule has 40 heavy (non-hydrogen) atoms. The fraction of sp³-hybridized carbons (Fsp3) is 0.467. The van der Waals surface area contributed by atoms with Crippen molar-refractivity contribution < 1.29 is 23.8 Å². The molecule has 1 atom stereocenters. The first-order valence-electron chi connectivity index (χ1n) is 13.9. The van der Waals surface area contributed by atoms with Crippen molar-refractivity contribution >= 4 is 23.3 Å². The van der Waals surface area contributed by atoms with E-state index >= 15 is 0 Å². The summed E-state index contributed by atoms with van der Waals surface area (Å²) < 4.78 is 18.0.